The predicted molar refractivity (Wildman–Crippen MR) is 98.2 cm³/mol. The Balaban J connectivity index is 2.07. The van der Waals surface area contributed by atoms with Crippen LogP contribution in [0.3, 0.4) is 0 Å². The van der Waals surface area contributed by atoms with Gasteiger partial charge in [-0.2, -0.15) is 0 Å². The van der Waals surface area contributed by atoms with Crippen molar-refractivity contribution in [1.29, 1.82) is 0 Å². The van der Waals surface area contributed by atoms with Crippen molar-refractivity contribution in [1.82, 2.24) is 14.8 Å². The summed E-state index contributed by atoms with van der Waals surface area (Å²) in [6.45, 7) is 0.961. The number of nitrogens with zero attached hydrogens (tertiary/aromatic N) is 2. The third kappa shape index (κ3) is 3.40. The number of aromatic nitrogens is 1. The van der Waals surface area contributed by atoms with Crippen LogP contribution in [0.4, 0.5) is 0 Å². The number of ether oxygens (including phenoxy) is 1. The largest absolute Gasteiger partial charge is 0.461 e. The number of esters is 1. The van der Waals surface area contributed by atoms with Gasteiger partial charge in [0.2, 0.25) is 0 Å². The summed E-state index contributed by atoms with van der Waals surface area (Å²) in [6, 6.07) is 10.9. The quantitative estimate of drug-likeness (QED) is 0.542. The number of carbonyl (C=O) groups excluding carboxylic acids is 2. The van der Waals surface area contributed by atoms with Crippen LogP contribution in [0, 0.1) is 0 Å². The van der Waals surface area contributed by atoms with Crippen LogP contribution in [-0.2, 0) is 9.57 Å². The molecule has 0 bridgehead atoms. The van der Waals surface area contributed by atoms with E-state index in [-0.39, 0.29) is 11.9 Å². The molecule has 0 spiro atoms. The number of amides is 1. The van der Waals surface area contributed by atoms with Crippen molar-refractivity contribution in [2.45, 2.75) is 0 Å². The molecule has 0 atom stereocenters. The van der Waals surface area contributed by atoms with E-state index in [1.165, 1.54) is 7.11 Å². The fourth-order valence-electron chi connectivity index (χ4n) is 2.83. The van der Waals surface area contributed by atoms with Crippen LogP contribution in [0.25, 0.3) is 16.4 Å². The van der Waals surface area contributed by atoms with Crippen LogP contribution in [-0.4, -0.2) is 55.5 Å². The Morgan fingerprint density at radius 2 is 1.88 bits per heavy atom. The summed E-state index contributed by atoms with van der Waals surface area (Å²) in [5, 5.41) is 0.784. The summed E-state index contributed by atoms with van der Waals surface area (Å²) in [6.07, 6.45) is 1.68. The number of hydroxylamine groups is 1. The molecule has 136 valence electrons. The average molecular weight is 355 g/mol. The summed E-state index contributed by atoms with van der Waals surface area (Å²) in [4.78, 5) is 31.3. The fraction of sp³-hybridized carbons (Fsp3) is 0.263. The van der Waals surface area contributed by atoms with E-state index < -0.39 is 0 Å². The molecule has 2 heterocycles. The van der Waals surface area contributed by atoms with Crippen molar-refractivity contribution in [2.75, 3.05) is 34.4 Å². The van der Waals surface area contributed by atoms with Gasteiger partial charge in [-0.1, -0.05) is 18.2 Å². The second-order valence-corrected chi connectivity index (χ2v) is 6.14. The van der Waals surface area contributed by atoms with E-state index in [2.05, 4.69) is 10.3 Å². The van der Waals surface area contributed by atoms with E-state index in [0.717, 1.165) is 10.9 Å². The normalized spacial score (nSPS) is 11.2. The maximum atomic E-state index is 12.7. The standard InChI is InChI=1S/C19H21N3O4/c1-21(2)10-11-26-19(24)17-14-6-4-5-7-15(14)22-12-13(8-9-16(17)22)18(23)20-25-3/h4-9,12H,10-11H2,1-3H3,(H,20,23). The summed E-state index contributed by atoms with van der Waals surface area (Å²) in [7, 11) is 5.22. The maximum absolute atomic E-state index is 12.7. The van der Waals surface area contributed by atoms with Crippen LogP contribution < -0.4 is 5.48 Å². The summed E-state index contributed by atoms with van der Waals surface area (Å²) in [5.74, 6) is -0.734. The lowest BCUT2D eigenvalue weighted by Gasteiger charge is -2.10. The molecule has 7 nitrogen and oxygen atoms in total. The zero-order valence-corrected chi connectivity index (χ0v) is 15.0. The van der Waals surface area contributed by atoms with Crippen LogP contribution in [0.2, 0.25) is 0 Å². The topological polar surface area (TPSA) is 72.3 Å². The molecule has 1 N–H and O–H groups in total. The smallest absolute Gasteiger partial charge is 0.341 e. The van der Waals surface area contributed by atoms with Crippen molar-refractivity contribution >= 4 is 28.3 Å². The van der Waals surface area contributed by atoms with Crippen molar-refractivity contribution in [3.8, 4) is 0 Å². The monoisotopic (exact) mass is 355 g/mol. The number of fused-ring (bicyclic) bond motifs is 3. The Morgan fingerprint density at radius 3 is 2.62 bits per heavy atom. The predicted octanol–water partition coefficient (Wildman–Crippen LogP) is 2.10. The number of hydrogen-bond acceptors (Lipinski definition) is 5. The van der Waals surface area contributed by atoms with Crippen LogP contribution in [0.15, 0.2) is 42.6 Å². The van der Waals surface area contributed by atoms with E-state index in [0.29, 0.717) is 29.8 Å². The molecule has 7 heteroatoms. The van der Waals surface area contributed by atoms with Crippen LogP contribution >= 0.6 is 0 Å². The van der Waals surface area contributed by atoms with E-state index >= 15 is 0 Å². The van der Waals surface area contributed by atoms with Gasteiger partial charge in [0.1, 0.15) is 6.61 Å². The molecule has 0 aliphatic rings. The molecule has 3 aromatic rings. The van der Waals surface area contributed by atoms with Gasteiger partial charge < -0.3 is 14.0 Å². The summed E-state index contributed by atoms with van der Waals surface area (Å²) < 4.78 is 7.26. The first-order chi connectivity index (χ1) is 12.5. The molecule has 1 aromatic carbocycles. The highest BCUT2D eigenvalue weighted by atomic mass is 16.6. The Hall–Kier alpha value is -2.90. The summed E-state index contributed by atoms with van der Waals surface area (Å²) >= 11 is 0. The molecule has 0 saturated carbocycles. The first-order valence-electron chi connectivity index (χ1n) is 8.21. The van der Waals surface area contributed by atoms with E-state index in [9.17, 15) is 9.59 Å². The summed E-state index contributed by atoms with van der Waals surface area (Å²) in [5.41, 5.74) is 4.73. The second kappa shape index (κ2) is 7.55. The molecular formula is C19H21N3O4. The lowest BCUT2D eigenvalue weighted by atomic mass is 10.1. The van der Waals surface area contributed by atoms with Gasteiger partial charge in [0, 0.05) is 18.1 Å². The minimum atomic E-state index is -0.375. The van der Waals surface area contributed by atoms with Crippen molar-refractivity contribution in [3.05, 3.63) is 53.7 Å². The van der Waals surface area contributed by atoms with E-state index in [4.69, 9.17) is 4.74 Å². The lowest BCUT2D eigenvalue weighted by Crippen LogP contribution is -2.22. The zero-order chi connectivity index (χ0) is 18.7. The van der Waals surface area contributed by atoms with Crippen LogP contribution in [0.1, 0.15) is 20.7 Å². The molecule has 0 saturated heterocycles. The molecular weight excluding hydrogens is 334 g/mol. The number of hydrogen-bond donors (Lipinski definition) is 1. The molecule has 0 aliphatic carbocycles. The molecule has 26 heavy (non-hydrogen) atoms. The Kier molecular flexibility index (Phi) is 5.20. The minimum absolute atomic E-state index is 0.311. The first kappa shape index (κ1) is 17.9. The van der Waals surface area contributed by atoms with Gasteiger partial charge in [-0.05, 0) is 32.3 Å². The lowest BCUT2D eigenvalue weighted by molar-refractivity contribution is 0.0486. The number of benzene rings is 1. The zero-order valence-electron chi connectivity index (χ0n) is 15.0. The minimum Gasteiger partial charge on any atom is -0.461 e. The van der Waals surface area contributed by atoms with Gasteiger partial charge in [-0.15, -0.1) is 0 Å². The Bertz CT molecular complexity index is 962. The van der Waals surface area contributed by atoms with Gasteiger partial charge >= 0.3 is 5.97 Å². The molecule has 0 fully saturated rings. The number of pyridine rings is 1. The number of likely N-dealkylation sites (N-methyl/N-ethyl adjacent to an activating group) is 1. The van der Waals surface area contributed by atoms with Gasteiger partial charge in [0.05, 0.1) is 29.3 Å². The van der Waals surface area contributed by atoms with Gasteiger partial charge in [0.15, 0.2) is 0 Å². The molecule has 3 rings (SSSR count). The van der Waals surface area contributed by atoms with Crippen LogP contribution in [0.5, 0.6) is 0 Å². The number of rotatable bonds is 6. The third-order valence-corrected chi connectivity index (χ3v) is 4.07. The molecule has 0 radical (unpaired) electrons. The third-order valence-electron chi connectivity index (χ3n) is 4.07. The Labute approximate surface area is 151 Å². The van der Waals surface area contributed by atoms with E-state index in [1.807, 2.05) is 47.7 Å². The number of nitrogens with one attached hydrogen (secondary N) is 1. The molecule has 2 aromatic heterocycles. The Morgan fingerprint density at radius 1 is 1.12 bits per heavy atom. The number of carbonyl (C=O) groups is 2. The van der Waals surface area contributed by atoms with Gasteiger partial charge in [-0.3, -0.25) is 9.63 Å². The highest BCUT2D eigenvalue weighted by Gasteiger charge is 2.20. The van der Waals surface area contributed by atoms with Gasteiger partial charge in [0.25, 0.3) is 5.91 Å². The molecule has 0 unspecified atom stereocenters. The fourth-order valence-corrected chi connectivity index (χ4v) is 2.83. The second-order valence-electron chi connectivity index (χ2n) is 6.14. The van der Waals surface area contributed by atoms with Crippen molar-refractivity contribution in [3.63, 3.8) is 0 Å². The number of para-hydroxylation sites is 1. The average Bonchev–Trinajstić information content (AvgIpc) is 2.95. The maximum Gasteiger partial charge on any atom is 0.341 e. The van der Waals surface area contributed by atoms with Gasteiger partial charge in [-0.25, -0.2) is 10.3 Å². The highest BCUT2D eigenvalue weighted by Crippen LogP contribution is 2.28. The van der Waals surface area contributed by atoms with Crippen molar-refractivity contribution in [2.24, 2.45) is 0 Å². The first-order valence-corrected chi connectivity index (χ1v) is 8.21. The van der Waals surface area contributed by atoms with Crippen molar-refractivity contribution < 1.29 is 19.2 Å². The molecule has 1 amide bonds. The SMILES string of the molecule is CONC(=O)c1ccc2c(C(=O)OCCN(C)C)c3ccccc3n2c1. The van der Waals surface area contributed by atoms with E-state index in [1.54, 1.807) is 18.3 Å². The highest BCUT2D eigenvalue weighted by molar-refractivity contribution is 6.12. The molecule has 0 aliphatic heterocycles.